The average Bonchev–Trinajstić information content (AvgIpc) is 3.04. The van der Waals surface area contributed by atoms with Gasteiger partial charge in [-0.2, -0.15) is 0 Å². The lowest BCUT2D eigenvalue weighted by molar-refractivity contribution is 0.0387. The Hall–Kier alpha value is -2.41. The molecule has 24 heavy (non-hydrogen) atoms. The molecular formula is C17H25N5O2. The maximum absolute atomic E-state index is 12.4. The third kappa shape index (κ3) is 5.06. The van der Waals surface area contributed by atoms with Gasteiger partial charge in [-0.05, 0) is 39.3 Å². The van der Waals surface area contributed by atoms with Crippen molar-refractivity contribution in [1.29, 1.82) is 0 Å². The van der Waals surface area contributed by atoms with Gasteiger partial charge in [-0.15, -0.1) is 0 Å². The van der Waals surface area contributed by atoms with Crippen molar-refractivity contribution in [3.8, 4) is 5.82 Å². The number of carbonyl (C=O) groups excluding carboxylic acids is 1. The summed E-state index contributed by atoms with van der Waals surface area (Å²) >= 11 is 0. The summed E-state index contributed by atoms with van der Waals surface area (Å²) in [5, 5.41) is 12.8. The Morgan fingerprint density at radius 1 is 1.42 bits per heavy atom. The molecule has 0 aliphatic heterocycles. The molecule has 0 saturated heterocycles. The zero-order valence-corrected chi connectivity index (χ0v) is 14.6. The first-order valence-electron chi connectivity index (χ1n) is 7.96. The molecule has 0 bridgehead atoms. The second-order valence-corrected chi connectivity index (χ2v) is 6.69. The van der Waals surface area contributed by atoms with E-state index < -0.39 is 5.60 Å². The lowest BCUT2D eigenvalue weighted by atomic mass is 10.1. The molecule has 7 heteroatoms. The predicted octanol–water partition coefficient (Wildman–Crippen LogP) is 1.96. The first-order valence-corrected chi connectivity index (χ1v) is 7.96. The Balaban J connectivity index is 1.95. The third-order valence-corrected chi connectivity index (χ3v) is 3.46. The van der Waals surface area contributed by atoms with Gasteiger partial charge in [0.05, 0.1) is 12.1 Å². The van der Waals surface area contributed by atoms with Crippen LogP contribution in [0.1, 0.15) is 33.3 Å². The minimum absolute atomic E-state index is 0.00170. The smallest absolute Gasteiger partial charge is 0.317 e. The van der Waals surface area contributed by atoms with Gasteiger partial charge in [-0.25, -0.2) is 14.8 Å². The van der Waals surface area contributed by atoms with E-state index in [9.17, 15) is 9.90 Å². The number of carbonyl (C=O) groups is 1. The summed E-state index contributed by atoms with van der Waals surface area (Å²) in [4.78, 5) is 22.3. The molecule has 2 N–H and O–H groups in total. The van der Waals surface area contributed by atoms with Gasteiger partial charge in [0.15, 0.2) is 0 Å². The Labute approximate surface area is 142 Å². The van der Waals surface area contributed by atoms with Crippen LogP contribution in [-0.2, 0) is 6.54 Å². The van der Waals surface area contributed by atoms with Crippen molar-refractivity contribution in [1.82, 2.24) is 24.8 Å². The predicted molar refractivity (Wildman–Crippen MR) is 91.7 cm³/mol. The van der Waals surface area contributed by atoms with Gasteiger partial charge in [0.1, 0.15) is 12.1 Å². The van der Waals surface area contributed by atoms with Gasteiger partial charge >= 0.3 is 6.03 Å². The molecule has 0 aliphatic rings. The Morgan fingerprint density at radius 3 is 2.67 bits per heavy atom. The molecule has 0 atom stereocenters. The number of aromatic nitrogens is 3. The zero-order valence-electron chi connectivity index (χ0n) is 14.6. The molecule has 2 rings (SSSR count). The summed E-state index contributed by atoms with van der Waals surface area (Å²) in [6, 6.07) is 3.59. The van der Waals surface area contributed by atoms with Crippen molar-refractivity contribution in [2.24, 2.45) is 0 Å². The summed E-state index contributed by atoms with van der Waals surface area (Å²) < 4.78 is 1.81. The van der Waals surface area contributed by atoms with E-state index in [1.807, 2.05) is 36.7 Å². The minimum Gasteiger partial charge on any atom is -0.389 e. The van der Waals surface area contributed by atoms with Gasteiger partial charge in [-0.3, -0.25) is 4.57 Å². The maximum Gasteiger partial charge on any atom is 0.317 e. The fourth-order valence-electron chi connectivity index (χ4n) is 2.25. The Kier molecular flexibility index (Phi) is 5.56. The van der Waals surface area contributed by atoms with Crippen molar-refractivity contribution in [3.05, 3.63) is 42.6 Å². The number of hydrogen-bond donors (Lipinski definition) is 2. The number of pyridine rings is 1. The molecule has 0 saturated carbocycles. The highest BCUT2D eigenvalue weighted by atomic mass is 16.3. The van der Waals surface area contributed by atoms with Gasteiger partial charge in [0.2, 0.25) is 0 Å². The minimum atomic E-state index is -0.935. The number of imidazole rings is 1. The summed E-state index contributed by atoms with van der Waals surface area (Å²) in [7, 11) is 0. The van der Waals surface area contributed by atoms with Gasteiger partial charge in [-0.1, -0.05) is 6.07 Å². The zero-order chi connectivity index (χ0) is 17.7. The number of urea groups is 1. The molecule has 0 fully saturated rings. The van der Waals surface area contributed by atoms with Crippen molar-refractivity contribution < 1.29 is 9.90 Å². The van der Waals surface area contributed by atoms with Crippen molar-refractivity contribution in [2.45, 2.75) is 45.9 Å². The highest BCUT2D eigenvalue weighted by Gasteiger charge is 2.24. The van der Waals surface area contributed by atoms with Crippen LogP contribution in [0.4, 0.5) is 4.79 Å². The molecular weight excluding hydrogens is 306 g/mol. The van der Waals surface area contributed by atoms with E-state index >= 15 is 0 Å². The monoisotopic (exact) mass is 331 g/mol. The van der Waals surface area contributed by atoms with E-state index in [2.05, 4.69) is 15.3 Å². The fourth-order valence-corrected chi connectivity index (χ4v) is 2.25. The van der Waals surface area contributed by atoms with Crippen LogP contribution in [0.15, 0.2) is 37.1 Å². The molecule has 0 aliphatic carbocycles. The number of nitrogens with zero attached hydrogens (tertiary/aromatic N) is 4. The van der Waals surface area contributed by atoms with E-state index in [0.29, 0.717) is 6.54 Å². The molecule has 2 amide bonds. The molecule has 0 aromatic carbocycles. The molecule has 130 valence electrons. The molecule has 0 radical (unpaired) electrons. The lowest BCUT2D eigenvalue weighted by Gasteiger charge is -2.32. The molecule has 7 nitrogen and oxygen atoms in total. The second kappa shape index (κ2) is 7.44. The number of nitrogens with one attached hydrogen (secondary N) is 1. The quantitative estimate of drug-likeness (QED) is 0.847. The van der Waals surface area contributed by atoms with Crippen molar-refractivity contribution in [2.75, 3.05) is 6.54 Å². The summed E-state index contributed by atoms with van der Waals surface area (Å²) in [6.07, 6.45) is 6.92. The summed E-state index contributed by atoms with van der Waals surface area (Å²) in [5.74, 6) is 0.772. The van der Waals surface area contributed by atoms with Gasteiger partial charge in [0, 0.05) is 31.2 Å². The normalized spacial score (nSPS) is 11.6. The topological polar surface area (TPSA) is 83.3 Å². The number of rotatable bonds is 6. The maximum atomic E-state index is 12.4. The average molecular weight is 331 g/mol. The van der Waals surface area contributed by atoms with Crippen LogP contribution in [0.3, 0.4) is 0 Å². The van der Waals surface area contributed by atoms with E-state index in [1.165, 1.54) is 0 Å². The van der Waals surface area contributed by atoms with Gasteiger partial charge < -0.3 is 15.3 Å². The van der Waals surface area contributed by atoms with E-state index in [0.717, 1.165) is 11.4 Å². The van der Waals surface area contributed by atoms with Crippen molar-refractivity contribution >= 4 is 6.03 Å². The molecule has 2 aromatic rings. The van der Waals surface area contributed by atoms with Crippen LogP contribution < -0.4 is 5.32 Å². The van der Waals surface area contributed by atoms with E-state index in [4.69, 9.17) is 0 Å². The van der Waals surface area contributed by atoms with E-state index in [1.54, 1.807) is 37.5 Å². The number of hydrogen-bond acceptors (Lipinski definition) is 4. The van der Waals surface area contributed by atoms with Crippen molar-refractivity contribution in [3.63, 3.8) is 0 Å². The summed E-state index contributed by atoms with van der Waals surface area (Å²) in [5.41, 5.74) is -0.0329. The van der Waals surface area contributed by atoms with Crippen LogP contribution >= 0.6 is 0 Å². The molecule has 2 heterocycles. The molecule has 2 aromatic heterocycles. The van der Waals surface area contributed by atoms with Crippen LogP contribution in [0.5, 0.6) is 0 Å². The standard InChI is InChI=1S/C17H25N5O2/c1-13(2)22(11-17(3,4)24)16(23)20-10-14-5-6-15(19-9-14)21-8-7-18-12-21/h5-9,12-13,24H,10-11H2,1-4H3,(H,20,23). The Bertz CT molecular complexity index is 645. The molecule has 0 spiro atoms. The third-order valence-electron chi connectivity index (χ3n) is 3.46. The van der Waals surface area contributed by atoms with Crippen LogP contribution in [-0.4, -0.2) is 48.8 Å². The fraction of sp³-hybridized carbons (Fsp3) is 0.471. The highest BCUT2D eigenvalue weighted by molar-refractivity contribution is 5.74. The first-order chi connectivity index (χ1) is 11.3. The summed E-state index contributed by atoms with van der Waals surface area (Å²) in [6.45, 7) is 7.88. The largest absolute Gasteiger partial charge is 0.389 e. The van der Waals surface area contributed by atoms with Crippen LogP contribution in [0, 0.1) is 0 Å². The van der Waals surface area contributed by atoms with Gasteiger partial charge in [0.25, 0.3) is 0 Å². The number of amides is 2. The SMILES string of the molecule is CC(C)N(CC(C)(C)O)C(=O)NCc1ccc(-n2ccnc2)nc1. The molecule has 0 unspecified atom stereocenters. The lowest BCUT2D eigenvalue weighted by Crippen LogP contribution is -2.49. The van der Waals surface area contributed by atoms with E-state index in [-0.39, 0.29) is 18.6 Å². The Morgan fingerprint density at radius 2 is 2.17 bits per heavy atom. The highest BCUT2D eigenvalue weighted by Crippen LogP contribution is 2.10. The first kappa shape index (κ1) is 17.9. The number of aliphatic hydroxyl groups is 1. The van der Waals surface area contributed by atoms with Crippen LogP contribution in [0.25, 0.3) is 5.82 Å². The second-order valence-electron chi connectivity index (χ2n) is 6.69. The van der Waals surface area contributed by atoms with Crippen LogP contribution in [0.2, 0.25) is 0 Å².